The van der Waals surface area contributed by atoms with Gasteiger partial charge in [0.2, 0.25) is 0 Å². The lowest BCUT2D eigenvalue weighted by molar-refractivity contribution is -0.145. The molecule has 0 amide bonds. The molecule has 29 heavy (non-hydrogen) atoms. The molecule has 0 aliphatic rings. The van der Waals surface area contributed by atoms with E-state index in [1.807, 2.05) is 42.5 Å². The van der Waals surface area contributed by atoms with Crippen LogP contribution in [0.15, 0.2) is 45.7 Å². The average Bonchev–Trinajstić information content (AvgIpc) is 3.18. The number of halogens is 2. The third kappa shape index (κ3) is 4.03. The van der Waals surface area contributed by atoms with Crippen LogP contribution >= 0.6 is 49.9 Å². The number of nitrogens with zero attached hydrogens (tertiary/aromatic N) is 2. The first-order valence-electron chi connectivity index (χ1n) is 8.67. The molecular formula is C20H14BrIN2O4S. The number of rotatable bonds is 5. The standard InChI is InChI=1S/C20H14BrIN2O4S/c1-2-27-17(25)10-28-18-12(21)7-11(8-13(18)22)9-16-19(26)24-15-6-4-3-5-14(15)23-20(24)29-16/h3-9H,2,10H2,1H3/b16-9-. The van der Waals surface area contributed by atoms with Gasteiger partial charge in [-0.2, -0.15) is 0 Å². The fraction of sp³-hybridized carbons (Fsp3) is 0.150. The Labute approximate surface area is 191 Å². The van der Waals surface area contributed by atoms with Gasteiger partial charge in [-0.1, -0.05) is 23.5 Å². The smallest absolute Gasteiger partial charge is 0.344 e. The molecule has 0 unspecified atom stereocenters. The van der Waals surface area contributed by atoms with E-state index in [-0.39, 0.29) is 12.2 Å². The molecule has 2 heterocycles. The van der Waals surface area contributed by atoms with Crippen LogP contribution in [0.25, 0.3) is 22.1 Å². The van der Waals surface area contributed by atoms with Crippen LogP contribution in [0.5, 0.6) is 5.75 Å². The number of benzene rings is 2. The summed E-state index contributed by atoms with van der Waals surface area (Å²) in [4.78, 5) is 29.6. The van der Waals surface area contributed by atoms with Crippen LogP contribution < -0.4 is 14.8 Å². The quantitative estimate of drug-likeness (QED) is 0.264. The van der Waals surface area contributed by atoms with Crippen molar-refractivity contribution in [1.29, 1.82) is 0 Å². The molecule has 0 radical (unpaired) electrons. The molecule has 0 N–H and O–H groups in total. The Balaban J connectivity index is 1.70. The Morgan fingerprint density at radius 1 is 1.34 bits per heavy atom. The third-order valence-electron chi connectivity index (χ3n) is 4.10. The highest BCUT2D eigenvalue weighted by molar-refractivity contribution is 14.1. The van der Waals surface area contributed by atoms with Crippen LogP contribution in [-0.2, 0) is 9.53 Å². The maximum Gasteiger partial charge on any atom is 0.344 e. The summed E-state index contributed by atoms with van der Waals surface area (Å²) in [5.74, 6) is 0.140. The maximum atomic E-state index is 12.9. The predicted molar refractivity (Wildman–Crippen MR) is 125 cm³/mol. The number of hydrogen-bond donors (Lipinski definition) is 0. The van der Waals surface area contributed by atoms with E-state index in [0.29, 0.717) is 26.3 Å². The highest BCUT2D eigenvalue weighted by Crippen LogP contribution is 2.32. The van der Waals surface area contributed by atoms with Gasteiger partial charge >= 0.3 is 5.97 Å². The van der Waals surface area contributed by atoms with Crippen molar-refractivity contribution in [3.8, 4) is 5.75 Å². The zero-order chi connectivity index (χ0) is 20.5. The summed E-state index contributed by atoms with van der Waals surface area (Å²) in [6.45, 7) is 1.90. The minimum absolute atomic E-state index is 0.0903. The summed E-state index contributed by atoms with van der Waals surface area (Å²) < 4.78 is 14.2. The number of thiazole rings is 1. The lowest BCUT2D eigenvalue weighted by Gasteiger charge is -2.10. The summed E-state index contributed by atoms with van der Waals surface area (Å²) in [6, 6.07) is 11.3. The van der Waals surface area contributed by atoms with Gasteiger partial charge in [0.15, 0.2) is 11.6 Å². The van der Waals surface area contributed by atoms with Gasteiger partial charge in [0.25, 0.3) is 5.56 Å². The minimum Gasteiger partial charge on any atom is -0.480 e. The van der Waals surface area contributed by atoms with Crippen molar-refractivity contribution in [1.82, 2.24) is 9.38 Å². The Kier molecular flexibility index (Phi) is 5.88. The second-order valence-electron chi connectivity index (χ2n) is 6.04. The zero-order valence-corrected chi connectivity index (χ0v) is 19.7. The van der Waals surface area contributed by atoms with Gasteiger partial charge in [0.1, 0.15) is 5.75 Å². The maximum absolute atomic E-state index is 12.9. The van der Waals surface area contributed by atoms with Gasteiger partial charge < -0.3 is 9.47 Å². The number of carbonyl (C=O) groups is 1. The van der Waals surface area contributed by atoms with E-state index < -0.39 is 5.97 Å². The number of hydrogen-bond acceptors (Lipinski definition) is 6. The van der Waals surface area contributed by atoms with Gasteiger partial charge in [-0.25, -0.2) is 14.2 Å². The summed E-state index contributed by atoms with van der Waals surface area (Å²) in [6.07, 6.45) is 1.83. The molecule has 9 heteroatoms. The number of para-hydroxylation sites is 2. The largest absolute Gasteiger partial charge is 0.480 e. The summed E-state index contributed by atoms with van der Waals surface area (Å²) in [5.41, 5.74) is 2.37. The van der Waals surface area contributed by atoms with E-state index in [4.69, 9.17) is 9.47 Å². The monoisotopic (exact) mass is 584 g/mol. The molecule has 2 aromatic heterocycles. The molecule has 4 rings (SSSR count). The fourth-order valence-corrected chi connectivity index (χ4v) is 5.65. The molecule has 0 bridgehead atoms. The van der Waals surface area contributed by atoms with Gasteiger partial charge in [0.05, 0.1) is 30.2 Å². The van der Waals surface area contributed by atoms with Crippen molar-refractivity contribution in [2.24, 2.45) is 0 Å². The Bertz CT molecular complexity index is 1330. The fourth-order valence-electron chi connectivity index (χ4n) is 2.90. The Morgan fingerprint density at radius 3 is 2.90 bits per heavy atom. The summed E-state index contributed by atoms with van der Waals surface area (Å²) in [7, 11) is 0. The van der Waals surface area contributed by atoms with Crippen LogP contribution in [0.1, 0.15) is 12.5 Å². The summed E-state index contributed by atoms with van der Waals surface area (Å²) in [5, 5.41) is 0. The third-order valence-corrected chi connectivity index (χ3v) is 6.46. The second kappa shape index (κ2) is 8.41. The van der Waals surface area contributed by atoms with Crippen LogP contribution in [0.2, 0.25) is 0 Å². The van der Waals surface area contributed by atoms with Crippen molar-refractivity contribution in [3.63, 3.8) is 0 Å². The summed E-state index contributed by atoms with van der Waals surface area (Å²) >= 11 is 6.97. The van der Waals surface area contributed by atoms with Crippen molar-refractivity contribution < 1.29 is 14.3 Å². The molecule has 0 saturated heterocycles. The number of esters is 1. The first-order chi connectivity index (χ1) is 14.0. The SMILES string of the molecule is CCOC(=O)COc1c(Br)cc(/C=c2\sc3nc4ccccc4n3c2=O)cc1I. The van der Waals surface area contributed by atoms with E-state index in [0.717, 1.165) is 20.2 Å². The molecule has 0 atom stereocenters. The molecule has 0 aliphatic carbocycles. The molecule has 0 spiro atoms. The van der Waals surface area contributed by atoms with Crippen LogP contribution in [-0.4, -0.2) is 28.6 Å². The van der Waals surface area contributed by atoms with Crippen LogP contribution in [0.4, 0.5) is 0 Å². The first-order valence-corrected chi connectivity index (χ1v) is 11.4. The predicted octanol–water partition coefficient (Wildman–Crippen LogP) is 3.77. The first kappa shape index (κ1) is 20.3. The lowest BCUT2D eigenvalue weighted by Crippen LogP contribution is -2.22. The van der Waals surface area contributed by atoms with Crippen molar-refractivity contribution in [3.05, 3.63) is 64.9 Å². The van der Waals surface area contributed by atoms with Crippen LogP contribution in [0.3, 0.4) is 0 Å². The number of ether oxygens (including phenoxy) is 2. The molecule has 0 aliphatic heterocycles. The van der Waals surface area contributed by atoms with Crippen molar-refractivity contribution in [2.45, 2.75) is 6.92 Å². The molecule has 2 aromatic carbocycles. The van der Waals surface area contributed by atoms with E-state index in [9.17, 15) is 9.59 Å². The Morgan fingerprint density at radius 2 is 2.14 bits per heavy atom. The second-order valence-corrected chi connectivity index (χ2v) is 9.07. The number of carbonyl (C=O) groups excluding carboxylic acids is 1. The Hall–Kier alpha value is -1.98. The lowest BCUT2D eigenvalue weighted by atomic mass is 10.2. The average molecular weight is 585 g/mol. The van der Waals surface area contributed by atoms with E-state index in [1.54, 1.807) is 11.3 Å². The molecule has 4 aromatic rings. The number of fused-ring (bicyclic) bond motifs is 3. The van der Waals surface area contributed by atoms with E-state index >= 15 is 0 Å². The molecular weight excluding hydrogens is 571 g/mol. The molecule has 148 valence electrons. The highest BCUT2D eigenvalue weighted by Gasteiger charge is 2.13. The van der Waals surface area contributed by atoms with Gasteiger partial charge in [0, 0.05) is 0 Å². The zero-order valence-electron chi connectivity index (χ0n) is 15.1. The molecule has 0 fully saturated rings. The van der Waals surface area contributed by atoms with E-state index in [2.05, 4.69) is 43.5 Å². The number of imidazole rings is 1. The van der Waals surface area contributed by atoms with Gasteiger partial charge in [-0.15, -0.1) is 0 Å². The van der Waals surface area contributed by atoms with E-state index in [1.165, 1.54) is 11.3 Å². The van der Waals surface area contributed by atoms with Crippen molar-refractivity contribution in [2.75, 3.05) is 13.2 Å². The topological polar surface area (TPSA) is 69.9 Å². The highest BCUT2D eigenvalue weighted by atomic mass is 127. The van der Waals surface area contributed by atoms with Gasteiger partial charge in [-0.3, -0.25) is 4.79 Å². The van der Waals surface area contributed by atoms with Gasteiger partial charge in [-0.05, 0) is 81.3 Å². The number of aromatic nitrogens is 2. The molecule has 0 saturated carbocycles. The molecule has 6 nitrogen and oxygen atoms in total. The minimum atomic E-state index is -0.420. The normalized spacial score (nSPS) is 12.0. The van der Waals surface area contributed by atoms with Crippen LogP contribution in [0, 0.1) is 3.57 Å². The van der Waals surface area contributed by atoms with Crippen molar-refractivity contribution >= 4 is 77.9 Å².